The second kappa shape index (κ2) is 6.09. The summed E-state index contributed by atoms with van der Waals surface area (Å²) in [6, 6.07) is 4.03. The summed E-state index contributed by atoms with van der Waals surface area (Å²) in [6.07, 6.45) is 0. The van der Waals surface area contributed by atoms with Crippen LogP contribution in [0, 0.1) is 13.8 Å². The average Bonchev–Trinajstić information content (AvgIpc) is 2.99. The van der Waals surface area contributed by atoms with E-state index >= 15 is 0 Å². The Bertz CT molecular complexity index is 558. The minimum absolute atomic E-state index is 0.0703. The zero-order valence-corrected chi connectivity index (χ0v) is 13.0. The Hall–Kier alpha value is -1.82. The number of aryl methyl sites for hydroxylation is 2. The topological polar surface area (TPSA) is 49.6 Å². The Morgan fingerprint density at radius 2 is 2.15 bits per heavy atom. The zero-order valence-electron chi connectivity index (χ0n) is 12.2. The first kappa shape index (κ1) is 14.6. The monoisotopic (exact) mass is 293 g/mol. The molecule has 5 nitrogen and oxygen atoms in total. The van der Waals surface area contributed by atoms with Crippen molar-refractivity contribution in [3.05, 3.63) is 33.8 Å². The number of hydrogen-bond donors (Lipinski definition) is 0. The van der Waals surface area contributed by atoms with Gasteiger partial charge in [0, 0.05) is 19.0 Å². The lowest BCUT2D eigenvalue weighted by Gasteiger charge is -2.22. The van der Waals surface area contributed by atoms with E-state index in [1.807, 2.05) is 50.4 Å². The predicted molar refractivity (Wildman–Crippen MR) is 80.0 cm³/mol. The van der Waals surface area contributed by atoms with Gasteiger partial charge in [-0.1, -0.05) is 11.2 Å². The first-order valence-corrected chi connectivity index (χ1v) is 7.27. The molecule has 0 fully saturated rings. The van der Waals surface area contributed by atoms with Gasteiger partial charge >= 0.3 is 0 Å². The molecule has 0 aromatic carbocycles. The molecule has 0 aliphatic carbocycles. The van der Waals surface area contributed by atoms with E-state index in [-0.39, 0.29) is 5.91 Å². The third-order valence-electron chi connectivity index (χ3n) is 3.15. The van der Waals surface area contributed by atoms with Gasteiger partial charge in [-0.3, -0.25) is 4.79 Å². The standard InChI is InChI=1S/C14H19N3O2S/c1-10-14(11(2)19-15-10)17(4)9-13(18)16(3)8-12-6-5-7-20-12/h5-7H,8-9H2,1-4H3. The van der Waals surface area contributed by atoms with E-state index in [1.54, 1.807) is 16.2 Å². The van der Waals surface area contributed by atoms with Crippen molar-refractivity contribution >= 4 is 22.9 Å². The van der Waals surface area contributed by atoms with Gasteiger partial charge in [0.15, 0.2) is 5.76 Å². The Morgan fingerprint density at radius 3 is 2.70 bits per heavy atom. The second-order valence-corrected chi connectivity index (χ2v) is 5.89. The number of amides is 1. The number of likely N-dealkylation sites (N-methyl/N-ethyl adjacent to an activating group) is 2. The molecular weight excluding hydrogens is 274 g/mol. The molecular formula is C14H19N3O2S. The van der Waals surface area contributed by atoms with Gasteiger partial charge in [-0.05, 0) is 25.3 Å². The Morgan fingerprint density at radius 1 is 1.40 bits per heavy atom. The predicted octanol–water partition coefficient (Wildman–Crippen LogP) is 2.45. The van der Waals surface area contributed by atoms with Crippen LogP contribution in [0.1, 0.15) is 16.3 Å². The number of nitrogens with zero attached hydrogens (tertiary/aromatic N) is 3. The molecule has 2 heterocycles. The van der Waals surface area contributed by atoms with Gasteiger partial charge in [0.25, 0.3) is 0 Å². The number of thiophene rings is 1. The fourth-order valence-electron chi connectivity index (χ4n) is 2.15. The molecule has 1 amide bonds. The number of anilines is 1. The van der Waals surface area contributed by atoms with Gasteiger partial charge in [-0.2, -0.15) is 0 Å². The minimum Gasteiger partial charge on any atom is -0.361 e. The van der Waals surface area contributed by atoms with E-state index in [9.17, 15) is 4.79 Å². The fourth-order valence-corrected chi connectivity index (χ4v) is 2.91. The minimum atomic E-state index is 0.0703. The van der Waals surface area contributed by atoms with E-state index < -0.39 is 0 Å². The third kappa shape index (κ3) is 3.19. The maximum Gasteiger partial charge on any atom is 0.242 e. The smallest absolute Gasteiger partial charge is 0.242 e. The van der Waals surface area contributed by atoms with E-state index in [0.29, 0.717) is 13.1 Å². The van der Waals surface area contributed by atoms with Crippen LogP contribution < -0.4 is 4.90 Å². The molecule has 2 aromatic rings. The summed E-state index contributed by atoms with van der Waals surface area (Å²) in [7, 11) is 3.70. The Kier molecular flexibility index (Phi) is 4.44. The maximum atomic E-state index is 12.2. The molecule has 0 saturated carbocycles. The zero-order chi connectivity index (χ0) is 14.7. The van der Waals surface area contributed by atoms with Crippen LogP contribution in [0.4, 0.5) is 5.69 Å². The van der Waals surface area contributed by atoms with Crippen LogP contribution >= 0.6 is 11.3 Å². The molecule has 0 unspecified atom stereocenters. The normalized spacial score (nSPS) is 10.6. The van der Waals surface area contributed by atoms with Crippen LogP contribution in [0.15, 0.2) is 22.0 Å². The summed E-state index contributed by atoms with van der Waals surface area (Å²) in [5.41, 5.74) is 1.70. The summed E-state index contributed by atoms with van der Waals surface area (Å²) in [6.45, 7) is 4.69. The van der Waals surface area contributed by atoms with Gasteiger partial charge in [-0.25, -0.2) is 0 Å². The van der Waals surface area contributed by atoms with E-state index in [2.05, 4.69) is 5.16 Å². The molecule has 20 heavy (non-hydrogen) atoms. The number of hydrogen-bond acceptors (Lipinski definition) is 5. The lowest BCUT2D eigenvalue weighted by atomic mass is 10.3. The molecule has 2 rings (SSSR count). The van der Waals surface area contributed by atoms with Crippen LogP contribution in [-0.2, 0) is 11.3 Å². The van der Waals surface area contributed by atoms with E-state index in [0.717, 1.165) is 17.1 Å². The maximum absolute atomic E-state index is 12.2. The summed E-state index contributed by atoms with van der Waals surface area (Å²) in [4.78, 5) is 17.0. The van der Waals surface area contributed by atoms with E-state index in [4.69, 9.17) is 4.52 Å². The molecule has 6 heteroatoms. The number of aromatic nitrogens is 1. The highest BCUT2D eigenvalue weighted by molar-refractivity contribution is 7.09. The van der Waals surface area contributed by atoms with Gasteiger partial charge in [0.1, 0.15) is 11.4 Å². The summed E-state index contributed by atoms with van der Waals surface area (Å²) < 4.78 is 5.13. The molecule has 108 valence electrons. The highest BCUT2D eigenvalue weighted by Crippen LogP contribution is 2.22. The van der Waals surface area contributed by atoms with Crippen molar-refractivity contribution in [1.82, 2.24) is 10.1 Å². The summed E-state index contributed by atoms with van der Waals surface area (Å²) >= 11 is 1.66. The largest absolute Gasteiger partial charge is 0.361 e. The highest BCUT2D eigenvalue weighted by Gasteiger charge is 2.18. The molecule has 0 atom stereocenters. The van der Waals surface area contributed by atoms with Crippen LogP contribution in [-0.4, -0.2) is 36.6 Å². The van der Waals surface area contributed by atoms with Crippen molar-refractivity contribution in [2.24, 2.45) is 0 Å². The van der Waals surface area contributed by atoms with Gasteiger partial charge in [0.05, 0.1) is 13.1 Å². The molecule has 0 saturated heterocycles. The molecule has 0 spiro atoms. The van der Waals surface area contributed by atoms with Crippen molar-refractivity contribution < 1.29 is 9.32 Å². The van der Waals surface area contributed by atoms with Gasteiger partial charge < -0.3 is 14.3 Å². The van der Waals surface area contributed by atoms with Crippen molar-refractivity contribution in [3.8, 4) is 0 Å². The van der Waals surface area contributed by atoms with Crippen molar-refractivity contribution in [1.29, 1.82) is 0 Å². The van der Waals surface area contributed by atoms with Crippen LogP contribution in [0.5, 0.6) is 0 Å². The Labute approximate surface area is 122 Å². The van der Waals surface area contributed by atoms with E-state index in [1.165, 1.54) is 4.88 Å². The molecule has 0 radical (unpaired) electrons. The first-order chi connectivity index (χ1) is 9.49. The molecule has 0 aliphatic rings. The van der Waals surface area contributed by atoms with Crippen LogP contribution in [0.25, 0.3) is 0 Å². The van der Waals surface area contributed by atoms with Gasteiger partial charge in [-0.15, -0.1) is 11.3 Å². The lowest BCUT2D eigenvalue weighted by molar-refractivity contribution is -0.128. The second-order valence-electron chi connectivity index (χ2n) is 4.86. The van der Waals surface area contributed by atoms with Crippen LogP contribution in [0.3, 0.4) is 0 Å². The average molecular weight is 293 g/mol. The molecule has 0 N–H and O–H groups in total. The molecule has 2 aromatic heterocycles. The van der Waals surface area contributed by atoms with Crippen LogP contribution in [0.2, 0.25) is 0 Å². The quantitative estimate of drug-likeness (QED) is 0.849. The number of carbonyl (C=O) groups excluding carboxylic acids is 1. The third-order valence-corrected chi connectivity index (χ3v) is 4.01. The van der Waals surface area contributed by atoms with Crippen molar-refractivity contribution in [2.75, 3.05) is 25.5 Å². The fraction of sp³-hybridized carbons (Fsp3) is 0.429. The number of rotatable bonds is 5. The molecule has 0 bridgehead atoms. The molecule has 0 aliphatic heterocycles. The SMILES string of the molecule is Cc1noc(C)c1N(C)CC(=O)N(C)Cc1cccs1. The first-order valence-electron chi connectivity index (χ1n) is 6.39. The Balaban J connectivity index is 1.97. The van der Waals surface area contributed by atoms with Crippen molar-refractivity contribution in [2.45, 2.75) is 20.4 Å². The van der Waals surface area contributed by atoms with Gasteiger partial charge in [0.2, 0.25) is 5.91 Å². The van der Waals surface area contributed by atoms with Crippen molar-refractivity contribution in [3.63, 3.8) is 0 Å². The lowest BCUT2D eigenvalue weighted by Crippen LogP contribution is -2.36. The number of carbonyl (C=O) groups is 1. The summed E-state index contributed by atoms with van der Waals surface area (Å²) in [5.74, 6) is 0.805. The summed E-state index contributed by atoms with van der Waals surface area (Å²) in [5, 5.41) is 5.93. The highest BCUT2D eigenvalue weighted by atomic mass is 32.1.